The van der Waals surface area contributed by atoms with Crippen LogP contribution in [-0.4, -0.2) is 17.1 Å². The lowest BCUT2D eigenvalue weighted by Crippen LogP contribution is -1.95. The molecular formula is C13H14N2O2. The number of rotatable bonds is 3. The van der Waals surface area contributed by atoms with E-state index in [0.29, 0.717) is 11.7 Å². The molecule has 0 saturated heterocycles. The van der Waals surface area contributed by atoms with E-state index in [-0.39, 0.29) is 0 Å². The van der Waals surface area contributed by atoms with Gasteiger partial charge >= 0.3 is 0 Å². The van der Waals surface area contributed by atoms with Crippen molar-refractivity contribution in [1.82, 2.24) is 9.97 Å². The van der Waals surface area contributed by atoms with E-state index in [9.17, 15) is 0 Å². The van der Waals surface area contributed by atoms with Gasteiger partial charge in [0, 0.05) is 11.8 Å². The molecule has 1 aromatic carbocycles. The Morgan fingerprint density at radius 2 is 1.59 bits per heavy atom. The molecule has 0 radical (unpaired) electrons. The first-order valence-electron chi connectivity index (χ1n) is 5.31. The maximum atomic E-state index is 5.63. The minimum atomic E-state index is 0.556. The Morgan fingerprint density at radius 3 is 2.18 bits per heavy atom. The van der Waals surface area contributed by atoms with Gasteiger partial charge < -0.3 is 9.47 Å². The highest BCUT2D eigenvalue weighted by atomic mass is 16.5. The third-order valence-electron chi connectivity index (χ3n) is 2.22. The first-order chi connectivity index (χ1) is 8.17. The lowest BCUT2D eigenvalue weighted by Gasteiger charge is -2.06. The number of methoxy groups -OCH3 is 1. The van der Waals surface area contributed by atoms with Gasteiger partial charge in [0.05, 0.1) is 7.11 Å². The molecule has 17 heavy (non-hydrogen) atoms. The predicted molar refractivity (Wildman–Crippen MR) is 64.6 cm³/mol. The van der Waals surface area contributed by atoms with E-state index in [1.807, 2.05) is 38.1 Å². The second-order valence-corrected chi connectivity index (χ2v) is 3.67. The number of aryl methyl sites for hydroxylation is 2. The average molecular weight is 230 g/mol. The molecule has 0 bridgehead atoms. The molecular weight excluding hydrogens is 216 g/mol. The van der Waals surface area contributed by atoms with Gasteiger partial charge in [-0.1, -0.05) is 0 Å². The average Bonchev–Trinajstić information content (AvgIpc) is 2.28. The number of nitrogens with zero attached hydrogens (tertiary/aromatic N) is 2. The highest BCUT2D eigenvalue weighted by Crippen LogP contribution is 2.22. The fourth-order valence-electron chi connectivity index (χ4n) is 1.50. The van der Waals surface area contributed by atoms with Gasteiger partial charge in [0.2, 0.25) is 5.88 Å². The number of hydrogen-bond acceptors (Lipinski definition) is 4. The second-order valence-electron chi connectivity index (χ2n) is 3.67. The van der Waals surface area contributed by atoms with Crippen LogP contribution in [0.2, 0.25) is 0 Å². The van der Waals surface area contributed by atoms with Gasteiger partial charge in [0.15, 0.2) is 0 Å². The quantitative estimate of drug-likeness (QED) is 0.813. The Labute approximate surface area is 100 Å². The maximum Gasteiger partial charge on any atom is 0.222 e. The molecule has 88 valence electrons. The van der Waals surface area contributed by atoms with Crippen LogP contribution >= 0.6 is 0 Å². The number of hydrogen-bond donors (Lipinski definition) is 0. The van der Waals surface area contributed by atoms with Crippen LogP contribution in [0.15, 0.2) is 30.3 Å². The molecule has 0 N–H and O–H groups in total. The summed E-state index contributed by atoms with van der Waals surface area (Å²) in [5.74, 6) is 2.78. The van der Waals surface area contributed by atoms with Crippen molar-refractivity contribution in [3.63, 3.8) is 0 Å². The Hall–Kier alpha value is -2.10. The van der Waals surface area contributed by atoms with Crippen molar-refractivity contribution in [3.05, 3.63) is 41.9 Å². The molecule has 4 nitrogen and oxygen atoms in total. The molecule has 2 aromatic rings. The van der Waals surface area contributed by atoms with Crippen LogP contribution in [0.5, 0.6) is 17.4 Å². The first kappa shape index (κ1) is 11.4. The van der Waals surface area contributed by atoms with Gasteiger partial charge in [-0.15, -0.1) is 0 Å². The number of benzene rings is 1. The summed E-state index contributed by atoms with van der Waals surface area (Å²) >= 11 is 0. The Morgan fingerprint density at radius 1 is 0.941 bits per heavy atom. The van der Waals surface area contributed by atoms with E-state index in [4.69, 9.17) is 9.47 Å². The molecule has 0 unspecified atom stereocenters. The van der Waals surface area contributed by atoms with Crippen molar-refractivity contribution < 1.29 is 9.47 Å². The van der Waals surface area contributed by atoms with E-state index in [1.165, 1.54) is 0 Å². The highest BCUT2D eigenvalue weighted by molar-refractivity contribution is 5.33. The molecule has 2 rings (SSSR count). The lowest BCUT2D eigenvalue weighted by molar-refractivity contribution is 0.412. The zero-order valence-corrected chi connectivity index (χ0v) is 10.1. The molecule has 0 amide bonds. The second kappa shape index (κ2) is 4.82. The summed E-state index contributed by atoms with van der Waals surface area (Å²) in [6.07, 6.45) is 0. The monoisotopic (exact) mass is 230 g/mol. The van der Waals surface area contributed by atoms with Gasteiger partial charge in [0.25, 0.3) is 0 Å². The molecule has 0 atom stereocenters. The largest absolute Gasteiger partial charge is 0.497 e. The Bertz CT molecular complexity index is 489. The molecule has 0 saturated carbocycles. The minimum absolute atomic E-state index is 0.556. The standard InChI is InChI=1S/C13H14N2O2/c1-9-8-13(15-10(2)14-9)17-12-6-4-11(16-3)5-7-12/h4-8H,1-3H3. The zero-order chi connectivity index (χ0) is 12.3. The maximum absolute atomic E-state index is 5.63. The third-order valence-corrected chi connectivity index (χ3v) is 2.22. The molecule has 0 aliphatic rings. The summed E-state index contributed by atoms with van der Waals surface area (Å²) in [5.41, 5.74) is 0.890. The highest BCUT2D eigenvalue weighted by Gasteiger charge is 2.02. The molecule has 4 heteroatoms. The van der Waals surface area contributed by atoms with E-state index in [0.717, 1.165) is 17.2 Å². The zero-order valence-electron chi connectivity index (χ0n) is 10.1. The fraction of sp³-hybridized carbons (Fsp3) is 0.231. The van der Waals surface area contributed by atoms with E-state index in [2.05, 4.69) is 9.97 Å². The van der Waals surface area contributed by atoms with Crippen LogP contribution in [0.3, 0.4) is 0 Å². The third kappa shape index (κ3) is 2.93. The fourth-order valence-corrected chi connectivity index (χ4v) is 1.50. The number of aromatic nitrogens is 2. The summed E-state index contributed by atoms with van der Waals surface area (Å²) in [6.45, 7) is 3.75. The molecule has 0 fully saturated rings. The van der Waals surface area contributed by atoms with Gasteiger partial charge in [-0.3, -0.25) is 0 Å². The van der Waals surface area contributed by atoms with E-state index in [1.54, 1.807) is 13.2 Å². The van der Waals surface area contributed by atoms with Gasteiger partial charge in [-0.05, 0) is 38.1 Å². The smallest absolute Gasteiger partial charge is 0.222 e. The van der Waals surface area contributed by atoms with Crippen LogP contribution in [0.25, 0.3) is 0 Å². The molecule has 0 spiro atoms. The summed E-state index contributed by atoms with van der Waals surface area (Å²) in [6, 6.07) is 9.17. The van der Waals surface area contributed by atoms with E-state index >= 15 is 0 Å². The van der Waals surface area contributed by atoms with E-state index < -0.39 is 0 Å². The number of ether oxygens (including phenoxy) is 2. The molecule has 1 heterocycles. The lowest BCUT2D eigenvalue weighted by atomic mass is 10.3. The van der Waals surface area contributed by atoms with Crippen LogP contribution in [0.4, 0.5) is 0 Å². The molecule has 1 aromatic heterocycles. The van der Waals surface area contributed by atoms with Crippen molar-refractivity contribution in [2.24, 2.45) is 0 Å². The summed E-state index contributed by atoms with van der Waals surface area (Å²) in [5, 5.41) is 0. The summed E-state index contributed by atoms with van der Waals surface area (Å²) < 4.78 is 10.7. The normalized spacial score (nSPS) is 10.1. The van der Waals surface area contributed by atoms with Crippen molar-refractivity contribution in [3.8, 4) is 17.4 Å². The van der Waals surface area contributed by atoms with Gasteiger partial charge in [-0.25, -0.2) is 4.98 Å². The van der Waals surface area contributed by atoms with Crippen molar-refractivity contribution in [2.75, 3.05) is 7.11 Å². The first-order valence-corrected chi connectivity index (χ1v) is 5.31. The van der Waals surface area contributed by atoms with Crippen LogP contribution in [0, 0.1) is 13.8 Å². The Balaban J connectivity index is 2.19. The minimum Gasteiger partial charge on any atom is -0.497 e. The summed E-state index contributed by atoms with van der Waals surface area (Å²) in [4.78, 5) is 8.40. The van der Waals surface area contributed by atoms with Crippen LogP contribution in [0.1, 0.15) is 11.5 Å². The van der Waals surface area contributed by atoms with Crippen LogP contribution in [-0.2, 0) is 0 Å². The molecule has 0 aliphatic heterocycles. The predicted octanol–water partition coefficient (Wildman–Crippen LogP) is 2.89. The van der Waals surface area contributed by atoms with Gasteiger partial charge in [-0.2, -0.15) is 4.98 Å². The molecule has 0 aliphatic carbocycles. The van der Waals surface area contributed by atoms with Crippen molar-refractivity contribution in [1.29, 1.82) is 0 Å². The summed E-state index contributed by atoms with van der Waals surface area (Å²) in [7, 11) is 1.63. The van der Waals surface area contributed by atoms with Gasteiger partial charge in [0.1, 0.15) is 17.3 Å². The topological polar surface area (TPSA) is 44.2 Å². The Kier molecular flexibility index (Phi) is 3.23. The van der Waals surface area contributed by atoms with Crippen molar-refractivity contribution >= 4 is 0 Å². The van der Waals surface area contributed by atoms with Crippen LogP contribution < -0.4 is 9.47 Å². The van der Waals surface area contributed by atoms with Crippen molar-refractivity contribution in [2.45, 2.75) is 13.8 Å². The SMILES string of the molecule is COc1ccc(Oc2cc(C)nc(C)n2)cc1.